The van der Waals surface area contributed by atoms with E-state index in [4.69, 9.17) is 9.47 Å². The zero-order valence-corrected chi connectivity index (χ0v) is 14.5. The van der Waals surface area contributed by atoms with Crippen LogP contribution >= 0.6 is 11.3 Å². The van der Waals surface area contributed by atoms with Gasteiger partial charge in [-0.1, -0.05) is 12.1 Å². The molecule has 1 aliphatic heterocycles. The number of nitrogens with one attached hydrogen (secondary N) is 1. The highest BCUT2D eigenvalue weighted by Crippen LogP contribution is 2.31. The Hall–Kier alpha value is -2.93. The van der Waals surface area contributed by atoms with Gasteiger partial charge in [0.1, 0.15) is 19.0 Å². The molecule has 2 aromatic carbocycles. The number of hydrogen-bond donors (Lipinski definition) is 1. The lowest BCUT2D eigenvalue weighted by Crippen LogP contribution is -2.17. The summed E-state index contributed by atoms with van der Waals surface area (Å²) in [4.78, 5) is 17.6. The van der Waals surface area contributed by atoms with E-state index in [1.165, 1.54) is 23.5 Å². The molecule has 1 aliphatic rings. The molecule has 0 radical (unpaired) electrons. The van der Waals surface area contributed by atoms with Gasteiger partial charge in [-0.2, -0.15) is 0 Å². The molecule has 7 heteroatoms. The fourth-order valence-electron chi connectivity index (χ4n) is 2.60. The molecule has 1 amide bonds. The Morgan fingerprint density at radius 1 is 1.12 bits per heavy atom. The number of carbonyl (C=O) groups excluding carboxylic acids is 1. The van der Waals surface area contributed by atoms with E-state index in [2.05, 4.69) is 10.3 Å². The highest BCUT2D eigenvalue weighted by molar-refractivity contribution is 7.15. The van der Waals surface area contributed by atoms with E-state index in [0.29, 0.717) is 41.8 Å². The lowest BCUT2D eigenvalue weighted by molar-refractivity contribution is 0.102. The number of fused-ring (bicyclic) bond motifs is 1. The molecule has 0 bridgehead atoms. The predicted molar refractivity (Wildman–Crippen MR) is 96.7 cm³/mol. The summed E-state index contributed by atoms with van der Waals surface area (Å²) >= 11 is 1.39. The number of aromatic nitrogens is 1. The Morgan fingerprint density at radius 2 is 1.88 bits per heavy atom. The van der Waals surface area contributed by atoms with Crippen molar-refractivity contribution in [1.29, 1.82) is 0 Å². The second kappa shape index (κ2) is 7.13. The molecule has 26 heavy (non-hydrogen) atoms. The molecule has 0 spiro atoms. The van der Waals surface area contributed by atoms with E-state index < -0.39 is 0 Å². The predicted octanol–water partition coefficient (Wildman–Crippen LogP) is 3.90. The number of carbonyl (C=O) groups is 1. The van der Waals surface area contributed by atoms with Crippen LogP contribution in [-0.2, 0) is 6.42 Å². The summed E-state index contributed by atoms with van der Waals surface area (Å²) in [6.07, 6.45) is 2.35. The number of nitrogens with zero attached hydrogens (tertiary/aromatic N) is 1. The minimum atomic E-state index is -0.260. The molecule has 1 aromatic heterocycles. The molecule has 0 saturated carbocycles. The lowest BCUT2D eigenvalue weighted by Gasteiger charge is -2.18. The highest BCUT2D eigenvalue weighted by atomic mass is 32.1. The molecule has 3 aromatic rings. The van der Waals surface area contributed by atoms with Crippen molar-refractivity contribution in [3.63, 3.8) is 0 Å². The highest BCUT2D eigenvalue weighted by Gasteiger charge is 2.16. The maximum atomic E-state index is 13.0. The van der Waals surface area contributed by atoms with Crippen molar-refractivity contribution in [3.05, 3.63) is 70.5 Å². The van der Waals surface area contributed by atoms with Crippen LogP contribution in [-0.4, -0.2) is 24.1 Å². The summed E-state index contributed by atoms with van der Waals surface area (Å²) in [6.45, 7) is 0.978. The summed E-state index contributed by atoms with van der Waals surface area (Å²) in [5.41, 5.74) is 1.46. The smallest absolute Gasteiger partial charge is 0.257 e. The van der Waals surface area contributed by atoms with Gasteiger partial charge in [-0.15, -0.1) is 11.3 Å². The Morgan fingerprint density at radius 3 is 2.69 bits per heavy atom. The second-order valence-electron chi connectivity index (χ2n) is 5.75. The molecule has 1 N–H and O–H groups in total. The van der Waals surface area contributed by atoms with Crippen LogP contribution in [0.1, 0.15) is 20.8 Å². The molecule has 0 unspecified atom stereocenters. The molecule has 132 valence electrons. The van der Waals surface area contributed by atoms with E-state index in [9.17, 15) is 9.18 Å². The first-order valence-electron chi connectivity index (χ1n) is 8.07. The normalized spacial score (nSPS) is 12.7. The van der Waals surface area contributed by atoms with Crippen molar-refractivity contribution >= 4 is 22.4 Å². The quantitative estimate of drug-likeness (QED) is 0.757. The molecular weight excluding hydrogens is 355 g/mol. The summed E-state index contributed by atoms with van der Waals surface area (Å²) in [5, 5.41) is 3.31. The van der Waals surface area contributed by atoms with Crippen molar-refractivity contribution in [2.45, 2.75) is 6.42 Å². The van der Waals surface area contributed by atoms with Crippen molar-refractivity contribution in [3.8, 4) is 11.5 Å². The molecule has 0 saturated heterocycles. The fraction of sp³-hybridized carbons (Fsp3) is 0.158. The SMILES string of the molecule is O=C(Nc1ncc(Cc2ccc(F)cc2)s1)c1ccc2c(c1)OCCO2. The maximum Gasteiger partial charge on any atom is 0.257 e. The van der Waals surface area contributed by atoms with E-state index in [1.54, 1.807) is 36.5 Å². The van der Waals surface area contributed by atoms with Crippen molar-refractivity contribution in [1.82, 2.24) is 4.98 Å². The van der Waals surface area contributed by atoms with E-state index in [-0.39, 0.29) is 11.7 Å². The molecule has 0 fully saturated rings. The number of halogens is 1. The topological polar surface area (TPSA) is 60.5 Å². The van der Waals surface area contributed by atoms with Gasteiger partial charge >= 0.3 is 0 Å². The molecule has 0 aliphatic carbocycles. The summed E-state index contributed by atoms with van der Waals surface area (Å²) in [5.74, 6) is 0.693. The number of benzene rings is 2. The third-order valence-corrected chi connectivity index (χ3v) is 4.78. The van der Waals surface area contributed by atoms with Crippen molar-refractivity contribution < 1.29 is 18.7 Å². The number of anilines is 1. The zero-order valence-electron chi connectivity index (χ0n) is 13.7. The molecule has 4 rings (SSSR count). The van der Waals surface area contributed by atoms with Gasteiger partial charge in [-0.3, -0.25) is 10.1 Å². The average molecular weight is 370 g/mol. The van der Waals surface area contributed by atoms with E-state index in [1.807, 2.05) is 0 Å². The zero-order chi connectivity index (χ0) is 17.9. The van der Waals surface area contributed by atoms with Crippen LogP contribution in [0.5, 0.6) is 11.5 Å². The van der Waals surface area contributed by atoms with Crippen LogP contribution in [0.4, 0.5) is 9.52 Å². The third kappa shape index (κ3) is 3.67. The van der Waals surface area contributed by atoms with Crippen LogP contribution < -0.4 is 14.8 Å². The Kier molecular flexibility index (Phi) is 4.53. The first kappa shape index (κ1) is 16.5. The van der Waals surface area contributed by atoms with Gasteiger partial charge in [0.2, 0.25) is 0 Å². The van der Waals surface area contributed by atoms with Gasteiger partial charge in [-0.25, -0.2) is 9.37 Å². The van der Waals surface area contributed by atoms with Gasteiger partial charge in [0.25, 0.3) is 5.91 Å². The van der Waals surface area contributed by atoms with Crippen molar-refractivity contribution in [2.24, 2.45) is 0 Å². The van der Waals surface area contributed by atoms with Gasteiger partial charge in [0.15, 0.2) is 16.6 Å². The second-order valence-corrected chi connectivity index (χ2v) is 6.86. The van der Waals surface area contributed by atoms with E-state index >= 15 is 0 Å². The van der Waals surface area contributed by atoms with Crippen LogP contribution in [0.15, 0.2) is 48.7 Å². The molecule has 2 heterocycles. The Bertz CT molecular complexity index is 940. The Balaban J connectivity index is 1.43. The van der Waals surface area contributed by atoms with E-state index in [0.717, 1.165) is 10.4 Å². The summed E-state index contributed by atoms with van der Waals surface area (Å²) < 4.78 is 23.9. The van der Waals surface area contributed by atoms with Crippen LogP contribution in [0.3, 0.4) is 0 Å². The lowest BCUT2D eigenvalue weighted by atomic mass is 10.1. The van der Waals surface area contributed by atoms with Gasteiger partial charge in [0, 0.05) is 23.1 Å². The average Bonchev–Trinajstić information content (AvgIpc) is 3.10. The summed E-state index contributed by atoms with van der Waals surface area (Å²) in [6, 6.07) is 11.4. The summed E-state index contributed by atoms with van der Waals surface area (Å²) in [7, 11) is 0. The standard InChI is InChI=1S/C19H15FN2O3S/c20-14-4-1-12(2-5-14)9-15-11-21-19(26-15)22-18(23)13-3-6-16-17(10-13)25-8-7-24-16/h1-6,10-11H,7-9H2,(H,21,22,23). The molecular formula is C19H15FN2O3S. The van der Waals surface area contributed by atoms with Gasteiger partial charge in [-0.05, 0) is 35.9 Å². The number of thiazole rings is 1. The monoisotopic (exact) mass is 370 g/mol. The molecule has 5 nitrogen and oxygen atoms in total. The Labute approximate surface area is 153 Å². The third-order valence-electron chi connectivity index (χ3n) is 3.87. The fourth-order valence-corrected chi connectivity index (χ4v) is 3.45. The number of rotatable bonds is 4. The number of ether oxygens (including phenoxy) is 2. The first-order valence-corrected chi connectivity index (χ1v) is 8.89. The number of amides is 1. The van der Waals surface area contributed by atoms with Gasteiger partial charge < -0.3 is 9.47 Å². The minimum absolute atomic E-state index is 0.259. The molecule has 0 atom stereocenters. The van der Waals surface area contributed by atoms with Crippen LogP contribution in [0.25, 0.3) is 0 Å². The van der Waals surface area contributed by atoms with Crippen LogP contribution in [0, 0.1) is 5.82 Å². The minimum Gasteiger partial charge on any atom is -0.486 e. The first-order chi connectivity index (χ1) is 12.7. The maximum absolute atomic E-state index is 13.0. The van der Waals surface area contributed by atoms with Crippen molar-refractivity contribution in [2.75, 3.05) is 18.5 Å². The number of hydrogen-bond acceptors (Lipinski definition) is 5. The van der Waals surface area contributed by atoms with Crippen LogP contribution in [0.2, 0.25) is 0 Å². The van der Waals surface area contributed by atoms with Gasteiger partial charge in [0.05, 0.1) is 0 Å². The largest absolute Gasteiger partial charge is 0.486 e.